The number of fused-ring (bicyclic) bond motifs is 5. The molecule has 2 heterocycles. The van der Waals surface area contributed by atoms with E-state index in [4.69, 9.17) is 0 Å². The van der Waals surface area contributed by atoms with E-state index in [1.807, 2.05) is 18.2 Å². The molecule has 178 valence electrons. The van der Waals surface area contributed by atoms with Gasteiger partial charge in [-0.15, -0.1) is 0 Å². The van der Waals surface area contributed by atoms with Gasteiger partial charge in [-0.2, -0.15) is 0 Å². The Morgan fingerprint density at radius 2 is 1.24 bits per heavy atom. The lowest BCUT2D eigenvalue weighted by atomic mass is 9.61. The maximum Gasteiger partial charge on any atom is 0.488 e. The zero-order chi connectivity index (χ0) is 25.3. The molecule has 3 nitrogen and oxygen atoms in total. The van der Waals surface area contributed by atoms with Crippen LogP contribution in [-0.2, 0) is 5.41 Å². The summed E-state index contributed by atoms with van der Waals surface area (Å²) >= 11 is 0. The molecule has 0 aliphatic carbocycles. The van der Waals surface area contributed by atoms with Crippen molar-refractivity contribution in [2.75, 3.05) is 0 Å². The van der Waals surface area contributed by atoms with Crippen LogP contribution in [0.15, 0.2) is 109 Å². The molecular weight excluding hydrogens is 453 g/mol. The molecule has 0 saturated carbocycles. The SMILES string of the molecule is Cc1ccc(C2(c3ccc(C)cc3)c3cc(B(O)O)ccc3-n3c4ccccc4c4cccc2c43)cc1. The van der Waals surface area contributed by atoms with Crippen molar-refractivity contribution in [1.82, 2.24) is 4.57 Å². The first kappa shape index (κ1) is 22.1. The second-order valence-electron chi connectivity index (χ2n) is 10.2. The lowest BCUT2D eigenvalue weighted by molar-refractivity contribution is 0.425. The van der Waals surface area contributed by atoms with Gasteiger partial charge in [0.1, 0.15) is 0 Å². The van der Waals surface area contributed by atoms with Crippen molar-refractivity contribution in [3.05, 3.63) is 143 Å². The summed E-state index contributed by atoms with van der Waals surface area (Å²) in [4.78, 5) is 0. The Bertz CT molecular complexity index is 1770. The lowest BCUT2D eigenvalue weighted by Crippen LogP contribution is -2.38. The Hall–Kier alpha value is -4.12. The normalized spacial score (nSPS) is 13.6. The molecular formula is C33H26BNO2. The molecule has 0 fully saturated rings. The molecule has 0 amide bonds. The third-order valence-corrected chi connectivity index (χ3v) is 8.03. The van der Waals surface area contributed by atoms with Crippen molar-refractivity contribution in [2.45, 2.75) is 19.3 Å². The molecule has 0 saturated heterocycles. The number of aromatic nitrogens is 1. The third-order valence-electron chi connectivity index (χ3n) is 8.03. The molecule has 1 aliphatic heterocycles. The highest BCUT2D eigenvalue weighted by Crippen LogP contribution is 2.53. The number of benzene rings is 5. The Labute approximate surface area is 216 Å². The summed E-state index contributed by atoms with van der Waals surface area (Å²) in [6.07, 6.45) is 0. The molecule has 0 spiro atoms. The lowest BCUT2D eigenvalue weighted by Gasteiger charge is -2.42. The summed E-state index contributed by atoms with van der Waals surface area (Å²) < 4.78 is 2.35. The van der Waals surface area contributed by atoms with Crippen molar-refractivity contribution in [3.63, 3.8) is 0 Å². The predicted molar refractivity (Wildman–Crippen MR) is 152 cm³/mol. The fourth-order valence-corrected chi connectivity index (χ4v) is 6.32. The van der Waals surface area contributed by atoms with E-state index in [2.05, 4.69) is 109 Å². The fraction of sp³-hybridized carbons (Fsp3) is 0.0909. The molecule has 5 aromatic carbocycles. The number of hydrogen-bond donors (Lipinski definition) is 2. The smallest absolute Gasteiger partial charge is 0.423 e. The van der Waals surface area contributed by atoms with E-state index in [1.54, 1.807) is 0 Å². The molecule has 37 heavy (non-hydrogen) atoms. The Morgan fingerprint density at radius 1 is 0.622 bits per heavy atom. The van der Waals surface area contributed by atoms with Crippen LogP contribution in [0.2, 0.25) is 0 Å². The Kier molecular flexibility index (Phi) is 4.75. The maximum atomic E-state index is 10.2. The van der Waals surface area contributed by atoms with Crippen molar-refractivity contribution in [3.8, 4) is 5.69 Å². The summed E-state index contributed by atoms with van der Waals surface area (Å²) in [5.41, 5.74) is 10.1. The van der Waals surface area contributed by atoms with Crippen molar-refractivity contribution in [2.24, 2.45) is 0 Å². The van der Waals surface area contributed by atoms with Gasteiger partial charge in [0.05, 0.1) is 22.1 Å². The topological polar surface area (TPSA) is 45.4 Å². The van der Waals surface area contributed by atoms with E-state index in [9.17, 15) is 10.0 Å². The van der Waals surface area contributed by atoms with Gasteiger partial charge in [0.15, 0.2) is 0 Å². The van der Waals surface area contributed by atoms with Crippen LogP contribution in [0.25, 0.3) is 27.5 Å². The van der Waals surface area contributed by atoms with E-state index < -0.39 is 12.5 Å². The Morgan fingerprint density at radius 3 is 1.89 bits per heavy atom. The molecule has 0 atom stereocenters. The van der Waals surface area contributed by atoms with Gasteiger partial charge in [-0.25, -0.2) is 0 Å². The molecule has 1 aromatic heterocycles. The standard InChI is InChI=1S/C33H26BNO2/c1-21-10-14-23(15-11-21)33(24-16-12-22(2)13-17-24)28-8-5-7-27-26-6-3-4-9-30(26)35(32(27)28)31-19-18-25(34(36)37)20-29(31)33/h3-20,36-37H,1-2H3. The first-order valence-electron chi connectivity index (χ1n) is 12.7. The predicted octanol–water partition coefficient (Wildman–Crippen LogP) is 5.78. The number of rotatable bonds is 3. The van der Waals surface area contributed by atoms with Gasteiger partial charge in [-0.05, 0) is 53.7 Å². The van der Waals surface area contributed by atoms with Crippen LogP contribution in [0.5, 0.6) is 0 Å². The van der Waals surface area contributed by atoms with Crippen LogP contribution in [0.4, 0.5) is 0 Å². The van der Waals surface area contributed by atoms with Gasteiger partial charge in [0.25, 0.3) is 0 Å². The van der Waals surface area contributed by atoms with Crippen molar-refractivity contribution in [1.29, 1.82) is 0 Å². The highest BCUT2D eigenvalue weighted by atomic mass is 16.4. The van der Waals surface area contributed by atoms with Crippen LogP contribution in [-0.4, -0.2) is 21.7 Å². The van der Waals surface area contributed by atoms with Crippen LogP contribution >= 0.6 is 0 Å². The van der Waals surface area contributed by atoms with Crippen LogP contribution in [0, 0.1) is 13.8 Å². The fourth-order valence-electron chi connectivity index (χ4n) is 6.32. The molecule has 1 aliphatic rings. The summed E-state index contributed by atoms with van der Waals surface area (Å²) in [7, 11) is -1.56. The van der Waals surface area contributed by atoms with Gasteiger partial charge in [-0.3, -0.25) is 0 Å². The second-order valence-corrected chi connectivity index (χ2v) is 10.2. The van der Waals surface area contributed by atoms with Crippen molar-refractivity contribution >= 4 is 34.4 Å². The van der Waals surface area contributed by atoms with E-state index in [1.165, 1.54) is 33.0 Å². The molecule has 0 radical (unpaired) electrons. The largest absolute Gasteiger partial charge is 0.488 e. The van der Waals surface area contributed by atoms with E-state index >= 15 is 0 Å². The number of nitrogens with zero attached hydrogens (tertiary/aromatic N) is 1. The molecule has 2 N–H and O–H groups in total. The monoisotopic (exact) mass is 479 g/mol. The summed E-state index contributed by atoms with van der Waals surface area (Å²) in [6, 6.07) is 38.5. The third kappa shape index (κ3) is 2.97. The Balaban J connectivity index is 1.76. The molecule has 4 heteroatoms. The summed E-state index contributed by atoms with van der Waals surface area (Å²) in [5.74, 6) is 0. The van der Waals surface area contributed by atoms with E-state index in [0.717, 1.165) is 27.9 Å². The van der Waals surface area contributed by atoms with Gasteiger partial charge < -0.3 is 14.6 Å². The molecule has 7 rings (SSSR count). The van der Waals surface area contributed by atoms with Gasteiger partial charge in [-0.1, -0.05) is 108 Å². The molecule has 6 aromatic rings. The average Bonchev–Trinajstić information content (AvgIpc) is 3.26. The minimum absolute atomic E-state index is 0.481. The minimum Gasteiger partial charge on any atom is -0.423 e. The second kappa shape index (κ2) is 7.94. The van der Waals surface area contributed by atoms with Gasteiger partial charge >= 0.3 is 7.12 Å². The van der Waals surface area contributed by atoms with Crippen LogP contribution in [0.3, 0.4) is 0 Å². The number of para-hydroxylation sites is 2. The summed E-state index contributed by atoms with van der Waals surface area (Å²) in [5, 5.41) is 22.9. The minimum atomic E-state index is -1.56. The first-order chi connectivity index (χ1) is 18.0. The quantitative estimate of drug-likeness (QED) is 0.316. The van der Waals surface area contributed by atoms with E-state index in [0.29, 0.717) is 5.46 Å². The van der Waals surface area contributed by atoms with Crippen molar-refractivity contribution < 1.29 is 10.0 Å². The van der Waals surface area contributed by atoms with Gasteiger partial charge in [0, 0.05) is 10.8 Å². The average molecular weight is 479 g/mol. The van der Waals surface area contributed by atoms with E-state index in [-0.39, 0.29) is 0 Å². The van der Waals surface area contributed by atoms with Crippen LogP contribution < -0.4 is 5.46 Å². The highest BCUT2D eigenvalue weighted by Gasteiger charge is 2.45. The highest BCUT2D eigenvalue weighted by molar-refractivity contribution is 6.58. The van der Waals surface area contributed by atoms with Gasteiger partial charge in [0.2, 0.25) is 0 Å². The maximum absolute atomic E-state index is 10.2. The molecule has 0 bridgehead atoms. The first-order valence-corrected chi connectivity index (χ1v) is 12.7. The number of hydrogen-bond acceptors (Lipinski definition) is 2. The molecule has 0 unspecified atom stereocenters. The number of aryl methyl sites for hydroxylation is 2. The zero-order valence-corrected chi connectivity index (χ0v) is 20.8. The summed E-state index contributed by atoms with van der Waals surface area (Å²) in [6.45, 7) is 4.21. The van der Waals surface area contributed by atoms with Crippen LogP contribution in [0.1, 0.15) is 33.4 Å². The zero-order valence-electron chi connectivity index (χ0n) is 20.8.